The Morgan fingerprint density at radius 3 is 2.83 bits per heavy atom. The van der Waals surface area contributed by atoms with E-state index in [1.807, 2.05) is 11.3 Å². The molecule has 2 aromatic heterocycles. The van der Waals surface area contributed by atoms with Crippen LogP contribution in [-0.2, 0) is 0 Å². The smallest absolute Gasteiger partial charge is 0.129 e. The molecule has 0 bridgehead atoms. The number of thiophene rings is 1. The fourth-order valence-corrected chi connectivity index (χ4v) is 3.68. The van der Waals surface area contributed by atoms with Gasteiger partial charge in [0.05, 0.1) is 6.04 Å². The van der Waals surface area contributed by atoms with Crippen molar-refractivity contribution in [2.45, 2.75) is 32.7 Å². The summed E-state index contributed by atoms with van der Waals surface area (Å²) >= 11 is 1.92. The Balaban J connectivity index is 1.92. The van der Waals surface area contributed by atoms with E-state index < -0.39 is 0 Å². The molecule has 0 radical (unpaired) electrons. The summed E-state index contributed by atoms with van der Waals surface area (Å²) in [5.41, 5.74) is 1.10. The van der Waals surface area contributed by atoms with Crippen LogP contribution in [0, 0.1) is 13.8 Å². The highest BCUT2D eigenvalue weighted by Crippen LogP contribution is 2.38. The zero-order chi connectivity index (χ0) is 12.5. The number of hydrogen-bond donors (Lipinski definition) is 0. The minimum absolute atomic E-state index is 0.526. The lowest BCUT2D eigenvalue weighted by Gasteiger charge is -2.25. The van der Waals surface area contributed by atoms with Crippen LogP contribution in [0.25, 0.3) is 0 Å². The molecule has 94 valence electrons. The number of aromatic nitrogens is 1. The molecule has 1 aliphatic heterocycles. The van der Waals surface area contributed by atoms with E-state index in [9.17, 15) is 0 Å². The molecule has 3 heteroatoms. The first kappa shape index (κ1) is 11.7. The lowest BCUT2D eigenvalue weighted by molar-refractivity contribution is 0.724. The molecule has 1 unspecified atom stereocenters. The van der Waals surface area contributed by atoms with Gasteiger partial charge < -0.3 is 4.90 Å². The first-order valence-electron chi connectivity index (χ1n) is 6.51. The molecule has 1 fully saturated rings. The second-order valence-corrected chi connectivity index (χ2v) is 6.26. The lowest BCUT2D eigenvalue weighted by Crippen LogP contribution is -2.22. The Morgan fingerprint density at radius 2 is 2.11 bits per heavy atom. The fraction of sp³-hybridized carbons (Fsp3) is 0.400. The first-order valence-corrected chi connectivity index (χ1v) is 7.32. The van der Waals surface area contributed by atoms with Gasteiger partial charge in [0.25, 0.3) is 0 Å². The standard InChI is InChI=1S/C15H18N2S/c1-11-5-3-7-15(16-11)17-10-4-6-13(17)14-9-8-12(2)18-14/h3,5,7-9,13H,4,6,10H2,1-2H3. The number of hydrogen-bond acceptors (Lipinski definition) is 3. The maximum atomic E-state index is 4.67. The van der Waals surface area contributed by atoms with E-state index in [-0.39, 0.29) is 0 Å². The van der Waals surface area contributed by atoms with Crippen LogP contribution in [0.1, 0.15) is 34.3 Å². The molecule has 1 saturated heterocycles. The van der Waals surface area contributed by atoms with Crippen molar-refractivity contribution >= 4 is 17.2 Å². The summed E-state index contributed by atoms with van der Waals surface area (Å²) < 4.78 is 0. The van der Waals surface area contributed by atoms with E-state index in [0.29, 0.717) is 6.04 Å². The summed E-state index contributed by atoms with van der Waals surface area (Å²) in [5.74, 6) is 1.13. The molecule has 0 N–H and O–H groups in total. The molecule has 0 saturated carbocycles. The van der Waals surface area contributed by atoms with Crippen LogP contribution < -0.4 is 4.90 Å². The van der Waals surface area contributed by atoms with Crippen molar-refractivity contribution in [2.24, 2.45) is 0 Å². The van der Waals surface area contributed by atoms with Gasteiger partial charge in [-0.15, -0.1) is 11.3 Å². The summed E-state index contributed by atoms with van der Waals surface area (Å²) in [6.07, 6.45) is 2.51. The van der Waals surface area contributed by atoms with Gasteiger partial charge in [-0.3, -0.25) is 0 Å². The molecule has 0 aromatic carbocycles. The Morgan fingerprint density at radius 1 is 1.22 bits per heavy atom. The van der Waals surface area contributed by atoms with Crippen molar-refractivity contribution in [1.29, 1.82) is 0 Å². The third kappa shape index (κ3) is 2.15. The largest absolute Gasteiger partial charge is 0.349 e. The van der Waals surface area contributed by atoms with Crippen molar-refractivity contribution in [3.05, 3.63) is 45.8 Å². The Kier molecular flexibility index (Phi) is 3.08. The van der Waals surface area contributed by atoms with E-state index in [0.717, 1.165) is 18.1 Å². The third-order valence-corrected chi connectivity index (χ3v) is 4.61. The molecule has 1 aliphatic rings. The van der Waals surface area contributed by atoms with Gasteiger partial charge in [-0.25, -0.2) is 4.98 Å². The zero-order valence-electron chi connectivity index (χ0n) is 10.9. The van der Waals surface area contributed by atoms with Crippen LogP contribution in [0.2, 0.25) is 0 Å². The van der Waals surface area contributed by atoms with Gasteiger partial charge in [0.2, 0.25) is 0 Å². The van der Waals surface area contributed by atoms with Crippen molar-refractivity contribution in [2.75, 3.05) is 11.4 Å². The number of rotatable bonds is 2. The Hall–Kier alpha value is -1.35. The van der Waals surface area contributed by atoms with Crippen LogP contribution in [-0.4, -0.2) is 11.5 Å². The number of aryl methyl sites for hydroxylation is 2. The number of pyridine rings is 1. The van der Waals surface area contributed by atoms with Crippen LogP contribution in [0.5, 0.6) is 0 Å². The molecule has 0 aliphatic carbocycles. The lowest BCUT2D eigenvalue weighted by atomic mass is 10.2. The van der Waals surface area contributed by atoms with Crippen molar-refractivity contribution < 1.29 is 0 Å². The average molecular weight is 258 g/mol. The second kappa shape index (κ2) is 4.73. The van der Waals surface area contributed by atoms with Crippen LogP contribution >= 0.6 is 11.3 Å². The molecule has 3 rings (SSSR count). The van der Waals surface area contributed by atoms with Gasteiger partial charge >= 0.3 is 0 Å². The topological polar surface area (TPSA) is 16.1 Å². The normalized spacial score (nSPS) is 19.4. The highest BCUT2D eigenvalue weighted by Gasteiger charge is 2.27. The van der Waals surface area contributed by atoms with Gasteiger partial charge in [-0.1, -0.05) is 6.07 Å². The van der Waals surface area contributed by atoms with Gasteiger partial charge in [-0.05, 0) is 51.0 Å². The Bertz CT molecular complexity index is 547. The molecule has 0 spiro atoms. The molecule has 0 amide bonds. The van der Waals surface area contributed by atoms with Crippen LogP contribution in [0.4, 0.5) is 5.82 Å². The van der Waals surface area contributed by atoms with E-state index in [2.05, 4.69) is 54.1 Å². The number of nitrogens with zero attached hydrogens (tertiary/aromatic N) is 2. The van der Waals surface area contributed by atoms with E-state index >= 15 is 0 Å². The summed E-state index contributed by atoms with van der Waals surface area (Å²) in [6.45, 7) is 5.36. The summed E-state index contributed by atoms with van der Waals surface area (Å²) in [5, 5.41) is 0. The maximum Gasteiger partial charge on any atom is 0.129 e. The SMILES string of the molecule is Cc1cccc(N2CCCC2c2ccc(C)s2)n1. The van der Waals surface area contributed by atoms with E-state index in [1.54, 1.807) is 0 Å². The van der Waals surface area contributed by atoms with Crippen LogP contribution in [0.3, 0.4) is 0 Å². The molecule has 1 atom stereocenters. The molecule has 2 nitrogen and oxygen atoms in total. The minimum Gasteiger partial charge on any atom is -0.349 e. The van der Waals surface area contributed by atoms with E-state index in [1.165, 1.54) is 22.6 Å². The Labute approximate surface area is 112 Å². The van der Waals surface area contributed by atoms with Crippen molar-refractivity contribution in [3.8, 4) is 0 Å². The molecule has 3 heterocycles. The molecular weight excluding hydrogens is 240 g/mol. The minimum atomic E-state index is 0.526. The second-order valence-electron chi connectivity index (χ2n) is 4.94. The quantitative estimate of drug-likeness (QED) is 0.806. The highest BCUT2D eigenvalue weighted by atomic mass is 32.1. The monoisotopic (exact) mass is 258 g/mol. The van der Waals surface area contributed by atoms with Gasteiger partial charge in [0.1, 0.15) is 5.82 Å². The van der Waals surface area contributed by atoms with Gasteiger partial charge in [0.15, 0.2) is 0 Å². The fourth-order valence-electron chi connectivity index (χ4n) is 2.66. The van der Waals surface area contributed by atoms with Gasteiger partial charge in [0, 0.05) is 22.0 Å². The molecule has 2 aromatic rings. The molecular formula is C15H18N2S. The van der Waals surface area contributed by atoms with Gasteiger partial charge in [-0.2, -0.15) is 0 Å². The summed E-state index contributed by atoms with van der Waals surface area (Å²) in [6, 6.07) is 11.3. The molecule has 18 heavy (non-hydrogen) atoms. The summed E-state index contributed by atoms with van der Waals surface area (Å²) in [7, 11) is 0. The van der Waals surface area contributed by atoms with E-state index in [4.69, 9.17) is 0 Å². The predicted octanol–water partition coefficient (Wildman–Crippen LogP) is 4.10. The zero-order valence-corrected chi connectivity index (χ0v) is 11.7. The highest BCUT2D eigenvalue weighted by molar-refractivity contribution is 7.12. The number of anilines is 1. The average Bonchev–Trinajstić information content (AvgIpc) is 2.96. The third-order valence-electron chi connectivity index (χ3n) is 3.51. The van der Waals surface area contributed by atoms with Crippen molar-refractivity contribution in [1.82, 2.24) is 4.98 Å². The first-order chi connectivity index (χ1) is 8.74. The van der Waals surface area contributed by atoms with Crippen LogP contribution in [0.15, 0.2) is 30.3 Å². The maximum absolute atomic E-state index is 4.67. The summed E-state index contributed by atoms with van der Waals surface area (Å²) in [4.78, 5) is 10.0. The van der Waals surface area contributed by atoms with Crippen molar-refractivity contribution in [3.63, 3.8) is 0 Å². The predicted molar refractivity (Wildman–Crippen MR) is 77.4 cm³/mol.